The van der Waals surface area contributed by atoms with Gasteiger partial charge in [-0.1, -0.05) is 23.7 Å². The zero-order valence-corrected chi connectivity index (χ0v) is 9.05. The molecule has 4 heteroatoms. The monoisotopic (exact) mass is 224 g/mol. The van der Waals surface area contributed by atoms with Crippen LogP contribution in [0.15, 0.2) is 18.2 Å². The van der Waals surface area contributed by atoms with Crippen LogP contribution in [0.3, 0.4) is 0 Å². The predicted octanol–water partition coefficient (Wildman–Crippen LogP) is 1.01. The molecule has 0 fully saturated rings. The van der Waals surface area contributed by atoms with Gasteiger partial charge in [0.25, 0.3) is 0 Å². The highest BCUT2D eigenvalue weighted by molar-refractivity contribution is 6.31. The Hall–Kier alpha value is -1.06. The molecule has 1 aliphatic rings. The number of carbonyl (C=O) groups excluding carboxylic acids is 1. The van der Waals surface area contributed by atoms with Gasteiger partial charge in [-0.15, -0.1) is 0 Å². The Morgan fingerprint density at radius 2 is 2.20 bits per heavy atom. The topological polar surface area (TPSA) is 69.1 Å². The lowest BCUT2D eigenvalue weighted by Gasteiger charge is -2.32. The zero-order chi connectivity index (χ0) is 11.1. The van der Waals surface area contributed by atoms with Crippen molar-refractivity contribution in [3.63, 3.8) is 0 Å². The van der Waals surface area contributed by atoms with Crippen LogP contribution >= 0.6 is 11.6 Å². The number of primary amides is 1. The number of carbonyl (C=O) groups is 1. The molecule has 0 saturated heterocycles. The number of rotatable bonds is 1. The van der Waals surface area contributed by atoms with Crippen LogP contribution in [0.2, 0.25) is 5.02 Å². The summed E-state index contributed by atoms with van der Waals surface area (Å²) in [6, 6.07) is 5.74. The van der Waals surface area contributed by atoms with Crippen molar-refractivity contribution in [1.29, 1.82) is 0 Å². The molecule has 0 heterocycles. The smallest absolute Gasteiger partial charge is 0.237 e. The first-order valence-electron chi connectivity index (χ1n) is 4.88. The summed E-state index contributed by atoms with van der Waals surface area (Å²) in [5, 5.41) is 0.670. The summed E-state index contributed by atoms with van der Waals surface area (Å²) in [6.45, 7) is 0. The highest BCUT2D eigenvalue weighted by Crippen LogP contribution is 2.31. The molecule has 0 saturated carbocycles. The van der Waals surface area contributed by atoms with Crippen molar-refractivity contribution in [3.8, 4) is 0 Å². The molecule has 0 bridgehead atoms. The fourth-order valence-electron chi connectivity index (χ4n) is 2.01. The molecule has 3 nitrogen and oxygen atoms in total. The van der Waals surface area contributed by atoms with Crippen molar-refractivity contribution < 1.29 is 4.79 Å². The van der Waals surface area contributed by atoms with Gasteiger partial charge in [0.05, 0.1) is 5.54 Å². The maximum Gasteiger partial charge on any atom is 0.237 e. The quantitative estimate of drug-likeness (QED) is 0.748. The Kier molecular flexibility index (Phi) is 2.44. The molecule has 15 heavy (non-hydrogen) atoms. The largest absolute Gasteiger partial charge is 0.368 e. The van der Waals surface area contributed by atoms with Gasteiger partial charge in [-0.2, -0.15) is 0 Å². The van der Waals surface area contributed by atoms with Gasteiger partial charge in [-0.05, 0) is 30.0 Å². The minimum atomic E-state index is -0.933. The molecule has 0 radical (unpaired) electrons. The van der Waals surface area contributed by atoms with E-state index in [0.29, 0.717) is 17.9 Å². The molecule has 80 valence electrons. The van der Waals surface area contributed by atoms with Crippen molar-refractivity contribution in [2.45, 2.75) is 24.8 Å². The van der Waals surface area contributed by atoms with E-state index in [1.54, 1.807) is 0 Å². The van der Waals surface area contributed by atoms with Crippen molar-refractivity contribution in [1.82, 2.24) is 0 Å². The van der Waals surface area contributed by atoms with E-state index in [0.717, 1.165) is 12.0 Å². The number of fused-ring (bicyclic) bond motifs is 1. The summed E-state index contributed by atoms with van der Waals surface area (Å²) in [7, 11) is 0. The highest BCUT2D eigenvalue weighted by atomic mass is 35.5. The highest BCUT2D eigenvalue weighted by Gasteiger charge is 2.36. The molecule has 1 aromatic carbocycles. The second-order valence-corrected chi connectivity index (χ2v) is 4.48. The molecule has 2 rings (SSSR count). The van der Waals surface area contributed by atoms with Crippen LogP contribution in [0.1, 0.15) is 17.5 Å². The number of hydrogen-bond donors (Lipinski definition) is 2. The van der Waals surface area contributed by atoms with E-state index in [-0.39, 0.29) is 0 Å². The molecule has 0 aliphatic heterocycles. The van der Waals surface area contributed by atoms with E-state index >= 15 is 0 Å². The van der Waals surface area contributed by atoms with Crippen LogP contribution in [-0.2, 0) is 17.6 Å². The van der Waals surface area contributed by atoms with E-state index in [1.807, 2.05) is 18.2 Å². The molecule has 4 N–H and O–H groups in total. The Balaban J connectivity index is 2.42. The molecule has 1 aromatic rings. The van der Waals surface area contributed by atoms with E-state index in [1.165, 1.54) is 5.56 Å². The summed E-state index contributed by atoms with van der Waals surface area (Å²) in [6.07, 6.45) is 1.79. The molecule has 1 amide bonds. The maximum atomic E-state index is 11.3. The molecule has 0 spiro atoms. The standard InChI is InChI=1S/C11H13ClN2O/c12-9-3-1-2-7-4-5-11(14,10(13)15)6-8(7)9/h1-3H,4-6,14H2,(H2,13,15)/t11-/m0/s1. The number of nitrogens with two attached hydrogens (primary N) is 2. The van der Waals surface area contributed by atoms with Gasteiger partial charge in [-0.25, -0.2) is 0 Å². The second kappa shape index (κ2) is 3.51. The third-order valence-corrected chi connectivity index (χ3v) is 3.39. The zero-order valence-electron chi connectivity index (χ0n) is 8.29. The minimum Gasteiger partial charge on any atom is -0.368 e. The van der Waals surface area contributed by atoms with Gasteiger partial charge in [0, 0.05) is 11.4 Å². The van der Waals surface area contributed by atoms with Crippen LogP contribution < -0.4 is 11.5 Å². The van der Waals surface area contributed by atoms with Crippen molar-refractivity contribution in [3.05, 3.63) is 34.3 Å². The Morgan fingerprint density at radius 3 is 2.87 bits per heavy atom. The van der Waals surface area contributed by atoms with E-state index < -0.39 is 11.4 Å². The summed E-state index contributed by atoms with van der Waals surface area (Å²) in [5.41, 5.74) is 12.5. The first-order chi connectivity index (χ1) is 7.03. The fraction of sp³-hybridized carbons (Fsp3) is 0.364. The van der Waals surface area contributed by atoms with Gasteiger partial charge >= 0.3 is 0 Å². The molecule has 0 aromatic heterocycles. The SMILES string of the molecule is NC(=O)[C@]1(N)CCc2cccc(Cl)c2C1. The fourth-order valence-corrected chi connectivity index (χ4v) is 2.27. The van der Waals surface area contributed by atoms with Gasteiger partial charge < -0.3 is 11.5 Å². The lowest BCUT2D eigenvalue weighted by molar-refractivity contribution is -0.123. The van der Waals surface area contributed by atoms with Crippen LogP contribution in [-0.4, -0.2) is 11.4 Å². The summed E-state index contributed by atoms with van der Waals surface area (Å²) in [5.74, 6) is -0.451. The van der Waals surface area contributed by atoms with Crippen molar-refractivity contribution >= 4 is 17.5 Å². The molecular formula is C11H13ClN2O. The third kappa shape index (κ3) is 1.73. The van der Waals surface area contributed by atoms with Crippen LogP contribution in [0.4, 0.5) is 0 Å². The first kappa shape index (κ1) is 10.5. The van der Waals surface area contributed by atoms with E-state index in [9.17, 15) is 4.79 Å². The number of aryl methyl sites for hydroxylation is 1. The van der Waals surface area contributed by atoms with Gasteiger partial charge in [-0.3, -0.25) is 4.79 Å². The van der Waals surface area contributed by atoms with E-state index in [2.05, 4.69) is 0 Å². The Labute approximate surface area is 93.4 Å². The van der Waals surface area contributed by atoms with Crippen molar-refractivity contribution in [2.75, 3.05) is 0 Å². The van der Waals surface area contributed by atoms with Crippen molar-refractivity contribution in [2.24, 2.45) is 11.5 Å². The summed E-state index contributed by atoms with van der Waals surface area (Å²) < 4.78 is 0. The molecular weight excluding hydrogens is 212 g/mol. The Bertz CT molecular complexity index is 419. The van der Waals surface area contributed by atoms with Crippen LogP contribution in [0, 0.1) is 0 Å². The normalized spacial score (nSPS) is 24.7. The predicted molar refractivity (Wildman–Crippen MR) is 59.6 cm³/mol. The average molecular weight is 225 g/mol. The molecule has 1 aliphatic carbocycles. The van der Waals surface area contributed by atoms with Gasteiger partial charge in [0.1, 0.15) is 0 Å². The first-order valence-corrected chi connectivity index (χ1v) is 5.26. The average Bonchev–Trinajstić information content (AvgIpc) is 2.19. The van der Waals surface area contributed by atoms with Crippen LogP contribution in [0.25, 0.3) is 0 Å². The minimum absolute atomic E-state index is 0.442. The lowest BCUT2D eigenvalue weighted by Crippen LogP contribution is -2.55. The molecule has 0 unspecified atom stereocenters. The summed E-state index contributed by atoms with van der Waals surface area (Å²) >= 11 is 6.07. The number of amides is 1. The number of halogens is 1. The third-order valence-electron chi connectivity index (χ3n) is 3.04. The number of hydrogen-bond acceptors (Lipinski definition) is 2. The Morgan fingerprint density at radius 1 is 1.47 bits per heavy atom. The maximum absolute atomic E-state index is 11.3. The van der Waals surface area contributed by atoms with Gasteiger partial charge in [0.2, 0.25) is 5.91 Å². The number of benzene rings is 1. The summed E-state index contributed by atoms with van der Waals surface area (Å²) in [4.78, 5) is 11.3. The molecule has 1 atom stereocenters. The lowest BCUT2D eigenvalue weighted by atomic mass is 9.78. The van der Waals surface area contributed by atoms with E-state index in [4.69, 9.17) is 23.1 Å². The van der Waals surface area contributed by atoms with Gasteiger partial charge in [0.15, 0.2) is 0 Å². The van der Waals surface area contributed by atoms with Crippen LogP contribution in [0.5, 0.6) is 0 Å². The second-order valence-electron chi connectivity index (χ2n) is 4.07.